The molecule has 0 fully saturated rings. The lowest BCUT2D eigenvalue weighted by atomic mass is 10.1. The first kappa shape index (κ1) is 15.8. The molecule has 3 nitrogen and oxygen atoms in total. The molecular formula is C17H20ClNO2. The fraction of sp³-hybridized carbons (Fsp3) is 0.294. The van der Waals surface area contributed by atoms with Gasteiger partial charge in [-0.15, -0.1) is 0 Å². The van der Waals surface area contributed by atoms with E-state index in [4.69, 9.17) is 21.1 Å². The fourth-order valence-electron chi connectivity index (χ4n) is 1.97. The van der Waals surface area contributed by atoms with E-state index in [0.717, 1.165) is 36.8 Å². The van der Waals surface area contributed by atoms with Gasteiger partial charge in [0.25, 0.3) is 0 Å². The van der Waals surface area contributed by atoms with E-state index >= 15 is 0 Å². The average molecular weight is 306 g/mol. The molecule has 0 saturated carbocycles. The van der Waals surface area contributed by atoms with E-state index in [1.54, 1.807) is 7.11 Å². The van der Waals surface area contributed by atoms with Crippen LogP contribution >= 0.6 is 11.6 Å². The Balaban J connectivity index is 1.97. The summed E-state index contributed by atoms with van der Waals surface area (Å²) in [5, 5.41) is 4.03. The van der Waals surface area contributed by atoms with Crippen LogP contribution in [0.3, 0.4) is 0 Å². The first-order valence-electron chi connectivity index (χ1n) is 6.91. The van der Waals surface area contributed by atoms with Crippen LogP contribution in [-0.2, 0) is 11.3 Å². The molecule has 4 heteroatoms. The zero-order chi connectivity index (χ0) is 15.1. The lowest BCUT2D eigenvalue weighted by Gasteiger charge is -2.11. The minimum Gasteiger partial charge on any atom is -0.457 e. The van der Waals surface area contributed by atoms with E-state index in [9.17, 15) is 0 Å². The molecule has 0 heterocycles. The van der Waals surface area contributed by atoms with Crippen molar-refractivity contribution in [1.82, 2.24) is 5.32 Å². The van der Waals surface area contributed by atoms with Gasteiger partial charge in [-0.05, 0) is 48.4 Å². The summed E-state index contributed by atoms with van der Waals surface area (Å²) in [6, 6.07) is 13.6. The predicted molar refractivity (Wildman–Crippen MR) is 86.3 cm³/mol. The quantitative estimate of drug-likeness (QED) is 0.779. The highest BCUT2D eigenvalue weighted by Gasteiger charge is 2.03. The van der Waals surface area contributed by atoms with Crippen LogP contribution in [0.25, 0.3) is 0 Å². The van der Waals surface area contributed by atoms with E-state index in [0.29, 0.717) is 5.02 Å². The molecule has 0 bridgehead atoms. The van der Waals surface area contributed by atoms with Gasteiger partial charge < -0.3 is 14.8 Å². The second-order valence-electron chi connectivity index (χ2n) is 4.83. The normalized spacial score (nSPS) is 10.6. The van der Waals surface area contributed by atoms with Crippen LogP contribution < -0.4 is 10.1 Å². The summed E-state index contributed by atoms with van der Waals surface area (Å²) in [5.41, 5.74) is 2.34. The third-order valence-electron chi connectivity index (χ3n) is 3.09. The van der Waals surface area contributed by atoms with E-state index in [2.05, 4.69) is 17.4 Å². The van der Waals surface area contributed by atoms with Gasteiger partial charge in [0.2, 0.25) is 0 Å². The number of rotatable bonds is 7. The lowest BCUT2D eigenvalue weighted by Crippen LogP contribution is -2.18. The second kappa shape index (κ2) is 8.03. The summed E-state index contributed by atoms with van der Waals surface area (Å²) in [6.07, 6.45) is 0. The molecule has 2 rings (SSSR count). The number of halogens is 1. The number of hydrogen-bond acceptors (Lipinski definition) is 3. The molecule has 0 aliphatic rings. The van der Waals surface area contributed by atoms with Crippen molar-refractivity contribution in [2.24, 2.45) is 0 Å². The van der Waals surface area contributed by atoms with Crippen molar-refractivity contribution in [3.8, 4) is 11.5 Å². The fourth-order valence-corrected chi connectivity index (χ4v) is 2.10. The number of nitrogens with one attached hydrogen (secondary N) is 1. The van der Waals surface area contributed by atoms with Gasteiger partial charge in [0.15, 0.2) is 0 Å². The highest BCUT2D eigenvalue weighted by Crippen LogP contribution is 2.26. The van der Waals surface area contributed by atoms with E-state index in [1.165, 1.54) is 5.56 Å². The molecule has 0 unspecified atom stereocenters. The van der Waals surface area contributed by atoms with Crippen LogP contribution in [0.15, 0.2) is 42.5 Å². The van der Waals surface area contributed by atoms with Crippen LogP contribution in [0.4, 0.5) is 0 Å². The Morgan fingerprint density at radius 3 is 2.52 bits per heavy atom. The van der Waals surface area contributed by atoms with Crippen molar-refractivity contribution >= 4 is 11.6 Å². The monoisotopic (exact) mass is 305 g/mol. The maximum absolute atomic E-state index is 5.87. The molecule has 0 aromatic heterocycles. The first-order valence-corrected chi connectivity index (χ1v) is 7.29. The minimum atomic E-state index is 0.705. The van der Waals surface area contributed by atoms with Crippen molar-refractivity contribution in [2.45, 2.75) is 13.5 Å². The van der Waals surface area contributed by atoms with Crippen molar-refractivity contribution in [3.63, 3.8) is 0 Å². The van der Waals surface area contributed by atoms with Crippen LogP contribution in [-0.4, -0.2) is 20.3 Å². The lowest BCUT2D eigenvalue weighted by molar-refractivity contribution is 0.199. The van der Waals surface area contributed by atoms with Gasteiger partial charge >= 0.3 is 0 Å². The summed E-state index contributed by atoms with van der Waals surface area (Å²) in [7, 11) is 1.70. The first-order chi connectivity index (χ1) is 10.2. The largest absolute Gasteiger partial charge is 0.457 e. The highest BCUT2D eigenvalue weighted by molar-refractivity contribution is 6.30. The Morgan fingerprint density at radius 1 is 1.10 bits per heavy atom. The minimum absolute atomic E-state index is 0.705. The molecule has 0 amide bonds. The molecule has 0 spiro atoms. The molecule has 0 saturated heterocycles. The molecule has 2 aromatic carbocycles. The molecular weight excluding hydrogens is 286 g/mol. The SMILES string of the molecule is COCCNCc1ccc(Oc2ccc(Cl)cc2)c(C)c1. The second-order valence-corrected chi connectivity index (χ2v) is 5.26. The number of methoxy groups -OCH3 is 1. The van der Waals surface area contributed by atoms with Crippen molar-refractivity contribution in [3.05, 3.63) is 58.6 Å². The zero-order valence-electron chi connectivity index (χ0n) is 12.4. The van der Waals surface area contributed by atoms with Crippen molar-refractivity contribution in [2.75, 3.05) is 20.3 Å². The maximum Gasteiger partial charge on any atom is 0.130 e. The van der Waals surface area contributed by atoms with Gasteiger partial charge in [0, 0.05) is 25.2 Å². The molecule has 0 atom stereocenters. The zero-order valence-corrected chi connectivity index (χ0v) is 13.1. The summed E-state index contributed by atoms with van der Waals surface area (Å²) in [5.74, 6) is 1.64. The Morgan fingerprint density at radius 2 is 1.86 bits per heavy atom. The summed E-state index contributed by atoms with van der Waals surface area (Å²) in [6.45, 7) is 4.44. The topological polar surface area (TPSA) is 30.5 Å². The smallest absolute Gasteiger partial charge is 0.130 e. The Kier molecular flexibility index (Phi) is 6.05. The molecule has 0 aliphatic carbocycles. The third kappa shape index (κ3) is 5.05. The van der Waals surface area contributed by atoms with Gasteiger partial charge in [0.05, 0.1) is 6.61 Å². The van der Waals surface area contributed by atoms with Gasteiger partial charge in [-0.3, -0.25) is 0 Å². The predicted octanol–water partition coefficient (Wildman–Crippen LogP) is 4.18. The van der Waals surface area contributed by atoms with E-state index in [1.807, 2.05) is 37.3 Å². The number of ether oxygens (including phenoxy) is 2. The maximum atomic E-state index is 5.87. The average Bonchev–Trinajstić information content (AvgIpc) is 2.48. The van der Waals surface area contributed by atoms with Crippen LogP contribution in [0, 0.1) is 6.92 Å². The molecule has 1 N–H and O–H groups in total. The molecule has 21 heavy (non-hydrogen) atoms. The highest BCUT2D eigenvalue weighted by atomic mass is 35.5. The van der Waals surface area contributed by atoms with E-state index < -0.39 is 0 Å². The van der Waals surface area contributed by atoms with Crippen LogP contribution in [0.5, 0.6) is 11.5 Å². The standard InChI is InChI=1S/C17H20ClNO2/c1-13-11-14(12-19-9-10-20-2)3-8-17(13)21-16-6-4-15(18)5-7-16/h3-8,11,19H,9-10,12H2,1-2H3. The van der Waals surface area contributed by atoms with Gasteiger partial charge in [-0.2, -0.15) is 0 Å². The van der Waals surface area contributed by atoms with Gasteiger partial charge in [-0.1, -0.05) is 23.7 Å². The summed E-state index contributed by atoms with van der Waals surface area (Å²) in [4.78, 5) is 0. The van der Waals surface area contributed by atoms with Crippen molar-refractivity contribution < 1.29 is 9.47 Å². The Labute approximate surface area is 130 Å². The third-order valence-corrected chi connectivity index (χ3v) is 3.34. The summed E-state index contributed by atoms with van der Waals surface area (Å²) < 4.78 is 10.9. The van der Waals surface area contributed by atoms with Crippen molar-refractivity contribution in [1.29, 1.82) is 0 Å². The Hall–Kier alpha value is -1.55. The van der Waals surface area contributed by atoms with Crippen LogP contribution in [0.2, 0.25) is 5.02 Å². The van der Waals surface area contributed by atoms with Gasteiger partial charge in [0.1, 0.15) is 11.5 Å². The molecule has 112 valence electrons. The number of aryl methyl sites for hydroxylation is 1. The number of benzene rings is 2. The van der Waals surface area contributed by atoms with Gasteiger partial charge in [-0.25, -0.2) is 0 Å². The molecule has 0 aliphatic heterocycles. The van der Waals surface area contributed by atoms with Crippen LogP contribution in [0.1, 0.15) is 11.1 Å². The van der Waals surface area contributed by atoms with E-state index in [-0.39, 0.29) is 0 Å². The molecule has 2 aromatic rings. The molecule has 0 radical (unpaired) electrons. The number of hydrogen-bond donors (Lipinski definition) is 1. The Bertz CT molecular complexity index is 570. The summed E-state index contributed by atoms with van der Waals surface area (Å²) >= 11 is 5.87.